The molecule has 0 spiro atoms. The highest BCUT2D eigenvalue weighted by Crippen LogP contribution is 2.16. The summed E-state index contributed by atoms with van der Waals surface area (Å²) in [5.74, 6) is 2.50. The molecule has 1 aliphatic rings. The second kappa shape index (κ2) is 12.7. The monoisotopic (exact) mass is 439 g/mol. The van der Waals surface area contributed by atoms with E-state index in [1.54, 1.807) is 16.7 Å². The van der Waals surface area contributed by atoms with Crippen molar-refractivity contribution in [3.05, 3.63) is 5.82 Å². The Labute approximate surface area is 184 Å². The summed E-state index contributed by atoms with van der Waals surface area (Å²) in [6, 6.07) is 0. The van der Waals surface area contributed by atoms with E-state index in [-0.39, 0.29) is 6.09 Å². The van der Waals surface area contributed by atoms with Gasteiger partial charge in [0, 0.05) is 52.2 Å². The van der Waals surface area contributed by atoms with Crippen LogP contribution in [0.3, 0.4) is 0 Å². The number of aliphatic imine (C=N–C) groups is 1. The third-order valence-electron chi connectivity index (χ3n) is 4.78. The number of piperazine rings is 1. The van der Waals surface area contributed by atoms with Gasteiger partial charge < -0.3 is 24.4 Å². The Hall–Kier alpha value is -1.97. The van der Waals surface area contributed by atoms with Crippen LogP contribution in [0, 0.1) is 5.92 Å². The summed E-state index contributed by atoms with van der Waals surface area (Å²) >= 11 is 1.64. The number of aryl methyl sites for hydroxylation is 1. The minimum atomic E-state index is -0.228. The van der Waals surface area contributed by atoms with Crippen molar-refractivity contribution in [2.75, 3.05) is 52.1 Å². The SMILES string of the molecule is CCNC(=NCCCc1nnc(SC)n1CC(C)C)N1CCN(C(=O)OCC)CC1. The average Bonchev–Trinajstić information content (AvgIpc) is 3.11. The van der Waals surface area contributed by atoms with Gasteiger partial charge in [-0.05, 0) is 32.4 Å². The zero-order valence-electron chi connectivity index (χ0n) is 19.1. The van der Waals surface area contributed by atoms with Crippen LogP contribution in [-0.4, -0.2) is 88.7 Å². The van der Waals surface area contributed by atoms with Gasteiger partial charge in [0.05, 0.1) is 6.61 Å². The van der Waals surface area contributed by atoms with Crippen LogP contribution in [-0.2, 0) is 17.7 Å². The highest BCUT2D eigenvalue weighted by molar-refractivity contribution is 7.98. The van der Waals surface area contributed by atoms with Crippen LogP contribution in [0.5, 0.6) is 0 Å². The third kappa shape index (κ3) is 7.07. The Morgan fingerprint density at radius 1 is 1.20 bits per heavy atom. The maximum atomic E-state index is 11.9. The van der Waals surface area contributed by atoms with Crippen molar-refractivity contribution in [3.63, 3.8) is 0 Å². The number of ether oxygens (including phenoxy) is 1. The number of guanidine groups is 1. The Balaban J connectivity index is 1.89. The summed E-state index contributed by atoms with van der Waals surface area (Å²) in [4.78, 5) is 20.7. The van der Waals surface area contributed by atoms with E-state index in [4.69, 9.17) is 9.73 Å². The van der Waals surface area contributed by atoms with Gasteiger partial charge in [-0.1, -0.05) is 25.6 Å². The number of thioether (sulfide) groups is 1. The molecule has 0 saturated carbocycles. The minimum absolute atomic E-state index is 0.228. The molecule has 170 valence electrons. The summed E-state index contributed by atoms with van der Waals surface area (Å²) < 4.78 is 7.33. The third-order valence-corrected chi connectivity index (χ3v) is 5.45. The lowest BCUT2D eigenvalue weighted by molar-refractivity contribution is 0.0914. The molecule has 0 bridgehead atoms. The van der Waals surface area contributed by atoms with Crippen LogP contribution >= 0.6 is 11.8 Å². The van der Waals surface area contributed by atoms with E-state index >= 15 is 0 Å². The van der Waals surface area contributed by atoms with Crippen molar-refractivity contribution in [1.29, 1.82) is 0 Å². The first kappa shape index (κ1) is 24.3. The predicted molar refractivity (Wildman–Crippen MR) is 121 cm³/mol. The molecule has 1 saturated heterocycles. The number of amides is 1. The fraction of sp³-hybridized carbons (Fsp3) is 0.800. The lowest BCUT2D eigenvalue weighted by Crippen LogP contribution is -2.53. The van der Waals surface area contributed by atoms with E-state index in [2.05, 4.69) is 45.8 Å². The number of hydrogen-bond donors (Lipinski definition) is 1. The van der Waals surface area contributed by atoms with Gasteiger partial charge in [-0.3, -0.25) is 4.99 Å². The first-order chi connectivity index (χ1) is 14.5. The largest absolute Gasteiger partial charge is 0.450 e. The number of carbonyl (C=O) groups is 1. The second-order valence-electron chi connectivity index (χ2n) is 7.62. The van der Waals surface area contributed by atoms with Crippen LogP contribution in [0.2, 0.25) is 0 Å². The lowest BCUT2D eigenvalue weighted by Gasteiger charge is -2.35. The molecule has 1 amide bonds. The molecule has 1 N–H and O–H groups in total. The van der Waals surface area contributed by atoms with E-state index in [9.17, 15) is 4.79 Å². The van der Waals surface area contributed by atoms with Crippen molar-refractivity contribution in [2.24, 2.45) is 10.9 Å². The van der Waals surface area contributed by atoms with Gasteiger partial charge >= 0.3 is 6.09 Å². The van der Waals surface area contributed by atoms with Crippen molar-refractivity contribution in [3.8, 4) is 0 Å². The van der Waals surface area contributed by atoms with E-state index in [0.29, 0.717) is 25.6 Å². The van der Waals surface area contributed by atoms with Gasteiger partial charge in [0.25, 0.3) is 0 Å². The van der Waals surface area contributed by atoms with Crippen molar-refractivity contribution < 1.29 is 9.53 Å². The Morgan fingerprint density at radius 2 is 1.90 bits per heavy atom. The Bertz CT molecular complexity index is 685. The molecule has 1 fully saturated rings. The summed E-state index contributed by atoms with van der Waals surface area (Å²) in [6.07, 6.45) is 3.59. The average molecular weight is 440 g/mol. The molecule has 30 heavy (non-hydrogen) atoms. The Kier molecular flexibility index (Phi) is 10.3. The number of nitrogens with one attached hydrogen (secondary N) is 1. The first-order valence-corrected chi connectivity index (χ1v) is 12.1. The van der Waals surface area contributed by atoms with E-state index < -0.39 is 0 Å². The molecular weight excluding hydrogens is 402 g/mol. The molecule has 0 unspecified atom stereocenters. The zero-order chi connectivity index (χ0) is 21.9. The normalized spacial score (nSPS) is 15.1. The lowest BCUT2D eigenvalue weighted by atomic mass is 10.2. The van der Waals surface area contributed by atoms with Crippen LogP contribution in [0.4, 0.5) is 4.79 Å². The van der Waals surface area contributed by atoms with Crippen molar-refractivity contribution in [2.45, 2.75) is 52.2 Å². The molecule has 2 heterocycles. The van der Waals surface area contributed by atoms with E-state index in [1.807, 2.05) is 13.2 Å². The standard InChI is InChI=1S/C20H37N7O2S/c1-6-21-18(25-11-13-26(14-12-25)20(28)29-7-2)22-10-8-9-17-23-24-19(30-5)27(17)15-16(3)4/h16H,6-15H2,1-5H3,(H,21,22). The van der Waals surface area contributed by atoms with Gasteiger partial charge in [-0.2, -0.15) is 0 Å². The number of rotatable bonds is 9. The molecule has 1 aromatic rings. The highest BCUT2D eigenvalue weighted by atomic mass is 32.2. The fourth-order valence-electron chi connectivity index (χ4n) is 3.37. The highest BCUT2D eigenvalue weighted by Gasteiger charge is 2.23. The van der Waals surface area contributed by atoms with E-state index in [0.717, 1.165) is 62.5 Å². The summed E-state index contributed by atoms with van der Waals surface area (Å²) in [6.45, 7) is 14.0. The zero-order valence-corrected chi connectivity index (χ0v) is 19.9. The van der Waals surface area contributed by atoms with Crippen LogP contribution < -0.4 is 5.32 Å². The van der Waals surface area contributed by atoms with Gasteiger partial charge in [0.2, 0.25) is 0 Å². The summed E-state index contributed by atoms with van der Waals surface area (Å²) in [5, 5.41) is 13.1. The van der Waals surface area contributed by atoms with Crippen molar-refractivity contribution >= 4 is 23.8 Å². The number of carbonyl (C=O) groups excluding carboxylic acids is 1. The summed E-state index contributed by atoms with van der Waals surface area (Å²) in [7, 11) is 0. The fourth-order valence-corrected chi connectivity index (χ4v) is 3.89. The molecular formula is C20H37N7O2S. The first-order valence-electron chi connectivity index (χ1n) is 10.9. The molecule has 10 heteroatoms. The maximum absolute atomic E-state index is 11.9. The second-order valence-corrected chi connectivity index (χ2v) is 8.39. The molecule has 0 aliphatic carbocycles. The minimum Gasteiger partial charge on any atom is -0.450 e. The van der Waals surface area contributed by atoms with Crippen LogP contribution in [0.15, 0.2) is 10.1 Å². The number of aromatic nitrogens is 3. The summed E-state index contributed by atoms with van der Waals surface area (Å²) in [5.41, 5.74) is 0. The predicted octanol–water partition coefficient (Wildman–Crippen LogP) is 2.33. The molecule has 1 aromatic heterocycles. The van der Waals surface area contributed by atoms with Gasteiger partial charge in [0.15, 0.2) is 11.1 Å². The smallest absolute Gasteiger partial charge is 0.409 e. The van der Waals surface area contributed by atoms with E-state index in [1.165, 1.54) is 0 Å². The van der Waals surface area contributed by atoms with Crippen LogP contribution in [0.1, 0.15) is 39.9 Å². The molecule has 0 radical (unpaired) electrons. The van der Waals surface area contributed by atoms with Gasteiger partial charge in [-0.25, -0.2) is 4.79 Å². The molecule has 1 aliphatic heterocycles. The number of nitrogens with zero attached hydrogens (tertiary/aromatic N) is 6. The van der Waals surface area contributed by atoms with Gasteiger partial charge in [-0.15, -0.1) is 10.2 Å². The Morgan fingerprint density at radius 3 is 2.50 bits per heavy atom. The maximum Gasteiger partial charge on any atom is 0.409 e. The van der Waals surface area contributed by atoms with Crippen molar-refractivity contribution in [1.82, 2.24) is 29.9 Å². The quantitative estimate of drug-likeness (QED) is 0.273. The number of hydrogen-bond acceptors (Lipinski definition) is 6. The molecule has 0 atom stereocenters. The van der Waals surface area contributed by atoms with Crippen LogP contribution in [0.25, 0.3) is 0 Å². The molecule has 0 aromatic carbocycles. The topological polar surface area (TPSA) is 87.9 Å². The molecule has 9 nitrogen and oxygen atoms in total. The molecule has 2 rings (SSSR count). The van der Waals surface area contributed by atoms with Gasteiger partial charge in [0.1, 0.15) is 5.82 Å².